The van der Waals surface area contributed by atoms with Crippen molar-refractivity contribution in [3.8, 4) is 0 Å². The summed E-state index contributed by atoms with van der Waals surface area (Å²) in [6.07, 6.45) is 2.57. The Hall–Kier alpha value is -0.850. The molecule has 0 unspecified atom stereocenters. The molecule has 0 saturated heterocycles. The molecule has 0 spiro atoms. The number of aryl methyl sites for hydroxylation is 1. The Morgan fingerprint density at radius 2 is 2.11 bits per heavy atom. The van der Waals surface area contributed by atoms with Crippen molar-refractivity contribution in [3.63, 3.8) is 0 Å². The predicted octanol–water partition coefficient (Wildman–Crippen LogP) is 1.71. The van der Waals surface area contributed by atoms with Gasteiger partial charge in [0.05, 0.1) is 13.2 Å². The first-order valence-corrected chi connectivity index (χ1v) is 6.59. The molecule has 1 aromatic rings. The molecule has 0 bridgehead atoms. The third-order valence-electron chi connectivity index (χ3n) is 2.20. The van der Waals surface area contributed by atoms with Crippen LogP contribution in [0.5, 0.6) is 0 Å². The number of ether oxygens (including phenoxy) is 2. The summed E-state index contributed by atoms with van der Waals surface area (Å²) in [5, 5.41) is 10.8. The van der Waals surface area contributed by atoms with E-state index in [2.05, 4.69) is 15.5 Å². The highest BCUT2D eigenvalue weighted by Gasteiger charge is 2.03. The fourth-order valence-electron chi connectivity index (χ4n) is 1.28. The van der Waals surface area contributed by atoms with Gasteiger partial charge in [0.25, 0.3) is 0 Å². The van der Waals surface area contributed by atoms with Gasteiger partial charge in [0.15, 0.2) is 0 Å². The molecule has 6 nitrogen and oxygen atoms in total. The van der Waals surface area contributed by atoms with E-state index in [0.717, 1.165) is 26.0 Å². The Kier molecular flexibility index (Phi) is 8.54. The number of alkyl halides is 1. The fraction of sp³-hybridized carbons (Fsp3) is 0.818. The Morgan fingerprint density at radius 3 is 2.89 bits per heavy atom. The standard InChI is InChI=1S/C11H20ClN3O3/c1-16-8-9-17-7-3-2-6-13-11-15-14-10(18-11)4-5-12/h2-9H2,1H3,(H,13,15). The Labute approximate surface area is 112 Å². The maximum atomic E-state index is 5.57. The van der Waals surface area contributed by atoms with Crippen molar-refractivity contribution < 1.29 is 13.9 Å². The van der Waals surface area contributed by atoms with Crippen molar-refractivity contribution in [1.29, 1.82) is 0 Å². The van der Waals surface area contributed by atoms with E-state index in [1.54, 1.807) is 7.11 Å². The summed E-state index contributed by atoms with van der Waals surface area (Å²) >= 11 is 5.57. The number of nitrogens with one attached hydrogen (secondary N) is 1. The molecule has 0 aliphatic carbocycles. The van der Waals surface area contributed by atoms with Gasteiger partial charge in [0.2, 0.25) is 5.89 Å². The number of methoxy groups -OCH3 is 1. The number of halogens is 1. The number of hydrogen-bond acceptors (Lipinski definition) is 6. The second-order valence-electron chi connectivity index (χ2n) is 3.68. The zero-order chi connectivity index (χ0) is 13.1. The summed E-state index contributed by atoms with van der Waals surface area (Å²) in [7, 11) is 1.66. The molecule has 0 aliphatic rings. The number of nitrogens with zero attached hydrogens (tertiary/aromatic N) is 2. The second-order valence-corrected chi connectivity index (χ2v) is 4.06. The molecule has 1 rings (SSSR count). The molecule has 0 fully saturated rings. The van der Waals surface area contributed by atoms with E-state index >= 15 is 0 Å². The minimum Gasteiger partial charge on any atom is -0.408 e. The van der Waals surface area contributed by atoms with Gasteiger partial charge in [-0.15, -0.1) is 16.7 Å². The SMILES string of the molecule is COCCOCCCCNc1nnc(CCCl)o1. The minimum absolute atomic E-state index is 0.454. The molecule has 0 radical (unpaired) electrons. The van der Waals surface area contributed by atoms with E-state index in [4.69, 9.17) is 25.5 Å². The van der Waals surface area contributed by atoms with Crippen molar-refractivity contribution in [2.75, 3.05) is 44.7 Å². The normalized spacial score (nSPS) is 10.8. The Morgan fingerprint density at radius 1 is 1.22 bits per heavy atom. The number of unbranched alkanes of at least 4 members (excludes halogenated alkanes) is 1. The van der Waals surface area contributed by atoms with Gasteiger partial charge in [0, 0.05) is 32.6 Å². The van der Waals surface area contributed by atoms with Crippen molar-refractivity contribution in [3.05, 3.63) is 5.89 Å². The average Bonchev–Trinajstić information content (AvgIpc) is 2.81. The topological polar surface area (TPSA) is 69.4 Å². The van der Waals surface area contributed by atoms with Gasteiger partial charge < -0.3 is 19.2 Å². The highest BCUT2D eigenvalue weighted by atomic mass is 35.5. The molecular weight excluding hydrogens is 258 g/mol. The largest absolute Gasteiger partial charge is 0.408 e. The Balaban J connectivity index is 1.96. The third kappa shape index (κ3) is 6.78. The van der Waals surface area contributed by atoms with Crippen molar-refractivity contribution in [2.24, 2.45) is 0 Å². The van der Waals surface area contributed by atoms with Gasteiger partial charge in [-0.3, -0.25) is 0 Å². The molecule has 7 heteroatoms. The van der Waals surface area contributed by atoms with Gasteiger partial charge >= 0.3 is 6.01 Å². The second kappa shape index (κ2) is 10.1. The summed E-state index contributed by atoms with van der Waals surface area (Å²) in [4.78, 5) is 0. The van der Waals surface area contributed by atoms with Gasteiger partial charge in [-0.05, 0) is 12.8 Å². The molecule has 1 heterocycles. The van der Waals surface area contributed by atoms with Crippen LogP contribution >= 0.6 is 11.6 Å². The van der Waals surface area contributed by atoms with Crippen LogP contribution in [0.25, 0.3) is 0 Å². The van der Waals surface area contributed by atoms with Crippen LogP contribution < -0.4 is 5.32 Å². The highest BCUT2D eigenvalue weighted by Crippen LogP contribution is 2.06. The smallest absolute Gasteiger partial charge is 0.315 e. The van der Waals surface area contributed by atoms with E-state index in [1.807, 2.05) is 0 Å². The van der Waals surface area contributed by atoms with Crippen molar-refractivity contribution >= 4 is 17.6 Å². The van der Waals surface area contributed by atoms with Crippen LogP contribution in [-0.4, -0.2) is 49.6 Å². The molecule has 0 amide bonds. The van der Waals surface area contributed by atoms with Crippen LogP contribution in [0.15, 0.2) is 4.42 Å². The first-order valence-electron chi connectivity index (χ1n) is 6.05. The zero-order valence-electron chi connectivity index (χ0n) is 10.7. The number of hydrogen-bond donors (Lipinski definition) is 1. The maximum Gasteiger partial charge on any atom is 0.315 e. The summed E-state index contributed by atoms with van der Waals surface area (Å²) in [6.45, 7) is 2.82. The monoisotopic (exact) mass is 277 g/mol. The lowest BCUT2D eigenvalue weighted by atomic mass is 10.3. The molecule has 0 aliphatic heterocycles. The van der Waals surface area contributed by atoms with Crippen LogP contribution in [0.3, 0.4) is 0 Å². The van der Waals surface area contributed by atoms with Crippen LogP contribution in [0.4, 0.5) is 6.01 Å². The van der Waals surface area contributed by atoms with E-state index in [0.29, 0.717) is 37.4 Å². The summed E-state index contributed by atoms with van der Waals surface area (Å²) in [5.74, 6) is 1.05. The summed E-state index contributed by atoms with van der Waals surface area (Å²) in [5.41, 5.74) is 0. The number of rotatable bonds is 11. The predicted molar refractivity (Wildman–Crippen MR) is 69.1 cm³/mol. The van der Waals surface area contributed by atoms with Gasteiger partial charge in [0.1, 0.15) is 0 Å². The number of anilines is 1. The lowest BCUT2D eigenvalue weighted by Crippen LogP contribution is -2.06. The molecule has 0 saturated carbocycles. The van der Waals surface area contributed by atoms with Gasteiger partial charge in [-0.25, -0.2) is 0 Å². The van der Waals surface area contributed by atoms with E-state index in [9.17, 15) is 0 Å². The molecular formula is C11H20ClN3O3. The zero-order valence-corrected chi connectivity index (χ0v) is 11.4. The fourth-order valence-corrected chi connectivity index (χ4v) is 1.44. The summed E-state index contributed by atoms with van der Waals surface area (Å²) < 4.78 is 15.5. The van der Waals surface area contributed by atoms with E-state index in [-0.39, 0.29) is 0 Å². The first kappa shape index (κ1) is 15.2. The third-order valence-corrected chi connectivity index (χ3v) is 2.39. The molecule has 0 atom stereocenters. The molecule has 1 N–H and O–H groups in total. The minimum atomic E-state index is 0.454. The maximum absolute atomic E-state index is 5.57. The molecule has 0 aromatic carbocycles. The van der Waals surface area contributed by atoms with Crippen molar-refractivity contribution in [2.45, 2.75) is 19.3 Å². The lowest BCUT2D eigenvalue weighted by molar-refractivity contribution is 0.0691. The quantitative estimate of drug-likeness (QED) is 0.490. The van der Waals surface area contributed by atoms with Crippen LogP contribution in [0, 0.1) is 0 Å². The van der Waals surface area contributed by atoms with Crippen LogP contribution in [0.1, 0.15) is 18.7 Å². The highest BCUT2D eigenvalue weighted by molar-refractivity contribution is 6.17. The number of aromatic nitrogens is 2. The average molecular weight is 278 g/mol. The molecule has 104 valence electrons. The van der Waals surface area contributed by atoms with E-state index in [1.165, 1.54) is 0 Å². The molecule has 18 heavy (non-hydrogen) atoms. The molecule has 1 aromatic heterocycles. The summed E-state index contributed by atoms with van der Waals surface area (Å²) in [6, 6.07) is 0.454. The van der Waals surface area contributed by atoms with Crippen LogP contribution in [0.2, 0.25) is 0 Å². The van der Waals surface area contributed by atoms with Crippen molar-refractivity contribution in [1.82, 2.24) is 10.2 Å². The van der Waals surface area contributed by atoms with Crippen LogP contribution in [-0.2, 0) is 15.9 Å². The van der Waals surface area contributed by atoms with E-state index < -0.39 is 0 Å². The van der Waals surface area contributed by atoms with Gasteiger partial charge in [-0.2, -0.15) is 0 Å². The Bertz CT molecular complexity index is 309. The lowest BCUT2D eigenvalue weighted by Gasteiger charge is -2.03. The van der Waals surface area contributed by atoms with Gasteiger partial charge in [-0.1, -0.05) is 5.10 Å². The first-order chi connectivity index (χ1) is 8.86.